The van der Waals surface area contributed by atoms with Crippen LogP contribution in [0.25, 0.3) is 0 Å². The first-order valence-electron chi connectivity index (χ1n) is 5.67. The molecule has 2 N–H and O–H groups in total. The quantitative estimate of drug-likeness (QED) is 0.846. The van der Waals surface area contributed by atoms with Crippen molar-refractivity contribution >= 4 is 17.5 Å². The Morgan fingerprint density at radius 1 is 1.35 bits per heavy atom. The van der Waals surface area contributed by atoms with Gasteiger partial charge in [0.1, 0.15) is 0 Å². The molecule has 0 bridgehead atoms. The Morgan fingerprint density at radius 3 is 2.41 bits per heavy atom. The fourth-order valence-electron chi connectivity index (χ4n) is 1.47. The Bertz CT molecular complexity index is 362. The summed E-state index contributed by atoms with van der Waals surface area (Å²) < 4.78 is 0. The molecule has 0 fully saturated rings. The van der Waals surface area contributed by atoms with Crippen molar-refractivity contribution in [1.82, 2.24) is 5.32 Å². The van der Waals surface area contributed by atoms with E-state index in [1.165, 1.54) is 0 Å². The van der Waals surface area contributed by atoms with Crippen molar-refractivity contribution in [1.29, 1.82) is 0 Å². The van der Waals surface area contributed by atoms with Gasteiger partial charge in [0, 0.05) is 5.02 Å². The van der Waals surface area contributed by atoms with Gasteiger partial charge in [-0.1, -0.05) is 37.6 Å². The lowest BCUT2D eigenvalue weighted by Gasteiger charge is -2.19. The molecule has 1 rings (SSSR count). The fraction of sp³-hybridized carbons (Fsp3) is 0.462. The van der Waals surface area contributed by atoms with E-state index in [9.17, 15) is 4.79 Å². The molecule has 1 unspecified atom stereocenters. The summed E-state index contributed by atoms with van der Waals surface area (Å²) in [6, 6.07) is 6.98. The van der Waals surface area contributed by atoms with Crippen LogP contribution in [-0.4, -0.2) is 23.7 Å². The van der Waals surface area contributed by atoms with Crippen LogP contribution in [0, 0.1) is 5.92 Å². The molecule has 0 aliphatic carbocycles. The number of rotatable bonds is 5. The largest absolute Gasteiger partial charge is 0.394 e. The minimum absolute atomic E-state index is 0.0377. The lowest BCUT2D eigenvalue weighted by Crippen LogP contribution is -2.41. The Balaban J connectivity index is 2.52. The number of hydrogen-bond acceptors (Lipinski definition) is 2. The lowest BCUT2D eigenvalue weighted by molar-refractivity contribution is -0.121. The Kier molecular flexibility index (Phi) is 5.45. The average molecular weight is 256 g/mol. The molecule has 0 heterocycles. The molecule has 1 atom stereocenters. The highest BCUT2D eigenvalue weighted by Crippen LogP contribution is 2.10. The number of hydrogen-bond donors (Lipinski definition) is 2. The maximum Gasteiger partial charge on any atom is 0.224 e. The molecule has 17 heavy (non-hydrogen) atoms. The van der Waals surface area contributed by atoms with Crippen LogP contribution in [0.3, 0.4) is 0 Å². The molecule has 0 saturated heterocycles. The molecule has 0 aromatic heterocycles. The van der Waals surface area contributed by atoms with Crippen molar-refractivity contribution in [3.05, 3.63) is 34.9 Å². The third kappa shape index (κ3) is 4.75. The molecule has 1 aromatic carbocycles. The van der Waals surface area contributed by atoms with Crippen molar-refractivity contribution in [3.8, 4) is 0 Å². The topological polar surface area (TPSA) is 49.3 Å². The van der Waals surface area contributed by atoms with Crippen LogP contribution >= 0.6 is 11.6 Å². The summed E-state index contributed by atoms with van der Waals surface area (Å²) >= 11 is 5.76. The van der Waals surface area contributed by atoms with Gasteiger partial charge in [-0.05, 0) is 23.6 Å². The zero-order valence-electron chi connectivity index (χ0n) is 10.1. The van der Waals surface area contributed by atoms with Crippen molar-refractivity contribution in [2.75, 3.05) is 6.61 Å². The van der Waals surface area contributed by atoms with E-state index in [0.29, 0.717) is 11.4 Å². The van der Waals surface area contributed by atoms with Crippen LogP contribution in [0.4, 0.5) is 0 Å². The SMILES string of the molecule is CC(C)C(CO)NC(=O)Cc1ccc(Cl)cc1. The smallest absolute Gasteiger partial charge is 0.224 e. The molecule has 94 valence electrons. The fourth-order valence-corrected chi connectivity index (χ4v) is 1.59. The minimum atomic E-state index is -0.185. The predicted octanol–water partition coefficient (Wildman–Crippen LogP) is 2.02. The molecule has 0 aliphatic heterocycles. The van der Waals surface area contributed by atoms with E-state index in [4.69, 9.17) is 16.7 Å². The molecule has 0 radical (unpaired) electrons. The number of carbonyl (C=O) groups excluding carboxylic acids is 1. The van der Waals surface area contributed by atoms with Crippen LogP contribution in [0.2, 0.25) is 5.02 Å². The molecule has 1 aromatic rings. The van der Waals surface area contributed by atoms with Gasteiger partial charge in [-0.2, -0.15) is 0 Å². The molecular formula is C13H18ClNO2. The standard InChI is InChI=1S/C13H18ClNO2/c1-9(2)12(8-16)15-13(17)7-10-3-5-11(14)6-4-10/h3-6,9,12,16H,7-8H2,1-2H3,(H,15,17). The zero-order chi connectivity index (χ0) is 12.8. The van der Waals surface area contributed by atoms with E-state index in [1.54, 1.807) is 12.1 Å². The summed E-state index contributed by atoms with van der Waals surface area (Å²) in [4.78, 5) is 11.7. The van der Waals surface area contributed by atoms with Gasteiger partial charge < -0.3 is 10.4 Å². The first kappa shape index (κ1) is 14.0. The monoisotopic (exact) mass is 255 g/mol. The average Bonchev–Trinajstić information content (AvgIpc) is 2.28. The molecule has 0 saturated carbocycles. The van der Waals surface area contributed by atoms with E-state index in [1.807, 2.05) is 26.0 Å². The van der Waals surface area contributed by atoms with Crippen molar-refractivity contribution in [2.24, 2.45) is 5.92 Å². The van der Waals surface area contributed by atoms with Gasteiger partial charge >= 0.3 is 0 Å². The van der Waals surface area contributed by atoms with Crippen molar-refractivity contribution in [3.63, 3.8) is 0 Å². The molecule has 3 nitrogen and oxygen atoms in total. The first-order chi connectivity index (χ1) is 8.02. The van der Waals surface area contributed by atoms with E-state index < -0.39 is 0 Å². The van der Waals surface area contributed by atoms with Gasteiger partial charge in [0.05, 0.1) is 19.1 Å². The number of amides is 1. The van der Waals surface area contributed by atoms with Crippen LogP contribution < -0.4 is 5.32 Å². The second kappa shape index (κ2) is 6.62. The second-order valence-corrected chi connectivity index (χ2v) is 4.84. The Morgan fingerprint density at radius 2 is 1.94 bits per heavy atom. The summed E-state index contributed by atoms with van der Waals surface area (Å²) in [6.45, 7) is 3.89. The molecule has 0 spiro atoms. The van der Waals surface area contributed by atoms with E-state index in [-0.39, 0.29) is 24.5 Å². The third-order valence-corrected chi connectivity index (χ3v) is 2.88. The van der Waals surface area contributed by atoms with E-state index in [0.717, 1.165) is 5.56 Å². The lowest BCUT2D eigenvalue weighted by atomic mass is 10.0. The highest BCUT2D eigenvalue weighted by Gasteiger charge is 2.14. The van der Waals surface area contributed by atoms with Gasteiger partial charge in [-0.25, -0.2) is 0 Å². The minimum Gasteiger partial charge on any atom is -0.394 e. The van der Waals surface area contributed by atoms with Crippen molar-refractivity contribution in [2.45, 2.75) is 26.3 Å². The zero-order valence-corrected chi connectivity index (χ0v) is 10.9. The summed E-state index contributed by atoms with van der Waals surface area (Å²) in [6.07, 6.45) is 0.306. The number of benzene rings is 1. The predicted molar refractivity (Wildman–Crippen MR) is 69.0 cm³/mol. The van der Waals surface area contributed by atoms with Crippen LogP contribution in [0.1, 0.15) is 19.4 Å². The highest BCUT2D eigenvalue weighted by molar-refractivity contribution is 6.30. The molecule has 0 aliphatic rings. The second-order valence-electron chi connectivity index (χ2n) is 4.40. The summed E-state index contributed by atoms with van der Waals surface area (Å²) in [7, 11) is 0. The number of nitrogens with one attached hydrogen (secondary N) is 1. The van der Waals surface area contributed by atoms with E-state index in [2.05, 4.69) is 5.32 Å². The van der Waals surface area contributed by atoms with Gasteiger partial charge in [0.2, 0.25) is 5.91 Å². The first-order valence-corrected chi connectivity index (χ1v) is 6.05. The third-order valence-electron chi connectivity index (χ3n) is 2.63. The summed E-state index contributed by atoms with van der Waals surface area (Å²) in [5.41, 5.74) is 0.910. The van der Waals surface area contributed by atoms with Gasteiger partial charge in [0.15, 0.2) is 0 Å². The van der Waals surface area contributed by atoms with Crippen molar-refractivity contribution < 1.29 is 9.90 Å². The number of halogens is 1. The highest BCUT2D eigenvalue weighted by atomic mass is 35.5. The summed E-state index contributed by atoms with van der Waals surface area (Å²) in [5.74, 6) is 0.134. The van der Waals surface area contributed by atoms with E-state index >= 15 is 0 Å². The number of carbonyl (C=O) groups is 1. The summed E-state index contributed by atoms with van der Waals surface area (Å²) in [5, 5.41) is 12.6. The Hall–Kier alpha value is -1.06. The normalized spacial score (nSPS) is 12.5. The Labute approximate surface area is 107 Å². The number of aliphatic hydroxyl groups excluding tert-OH is 1. The van der Waals surface area contributed by atoms with Gasteiger partial charge in [-0.3, -0.25) is 4.79 Å². The molecule has 1 amide bonds. The van der Waals surface area contributed by atoms with Gasteiger partial charge in [-0.15, -0.1) is 0 Å². The molecular weight excluding hydrogens is 238 g/mol. The van der Waals surface area contributed by atoms with Crippen LogP contribution in [-0.2, 0) is 11.2 Å². The van der Waals surface area contributed by atoms with Crippen LogP contribution in [0.15, 0.2) is 24.3 Å². The van der Waals surface area contributed by atoms with Crippen LogP contribution in [0.5, 0.6) is 0 Å². The molecule has 4 heteroatoms. The van der Waals surface area contributed by atoms with Gasteiger partial charge in [0.25, 0.3) is 0 Å². The maximum atomic E-state index is 11.7. The number of aliphatic hydroxyl groups is 1. The maximum absolute atomic E-state index is 11.7.